The van der Waals surface area contributed by atoms with Crippen LogP contribution in [0.1, 0.15) is 46.5 Å². The van der Waals surface area contributed by atoms with Gasteiger partial charge in [-0.1, -0.05) is 52.1 Å². The molecule has 0 aliphatic heterocycles. The zero-order chi connectivity index (χ0) is 26.1. The molecule has 0 amide bonds. The number of nitrogens with one attached hydrogen (secondary N) is 1. The monoisotopic (exact) mass is 555 g/mol. The van der Waals surface area contributed by atoms with Crippen molar-refractivity contribution in [1.29, 1.82) is 0 Å². The number of hydrogen-bond donors (Lipinski definition) is 2. The Morgan fingerprint density at radius 2 is 1.89 bits per heavy atom. The van der Waals surface area contributed by atoms with Gasteiger partial charge in [-0.15, -0.1) is 0 Å². The second-order valence-electron chi connectivity index (χ2n) is 9.35. The van der Waals surface area contributed by atoms with Crippen LogP contribution < -0.4 is 5.32 Å². The summed E-state index contributed by atoms with van der Waals surface area (Å²) in [5.41, 5.74) is 3.56. The average molecular weight is 557 g/mol. The highest BCUT2D eigenvalue weighted by atomic mass is 35.5. The molecule has 2 aliphatic carbocycles. The van der Waals surface area contributed by atoms with Crippen molar-refractivity contribution in [3.63, 3.8) is 0 Å². The lowest BCUT2D eigenvalue weighted by Crippen LogP contribution is -2.27. The third-order valence-electron chi connectivity index (χ3n) is 7.25. The van der Waals surface area contributed by atoms with Crippen LogP contribution in [0.15, 0.2) is 47.1 Å². The second-order valence-corrected chi connectivity index (χ2v) is 10.6. The highest BCUT2D eigenvalue weighted by Gasteiger charge is 2.50. The molecular formula is C27H20Cl3N3O4. The molecule has 7 nitrogen and oxygen atoms in total. The number of aryl methyl sites for hydroxylation is 1. The fraction of sp³-hybridized carbons (Fsp3) is 0.222. The fourth-order valence-corrected chi connectivity index (χ4v) is 6.28. The largest absolute Gasteiger partial charge is 0.478 e. The zero-order valence-corrected chi connectivity index (χ0v) is 21.8. The Balaban J connectivity index is 1.58. The SMILES string of the molecule is CNC1(c2onc(-c3c(Cl)cc(Cl)cc3Cl)c2C(=O)n2cc3c4c(cccc42)/C(=C/C(=O)O)CC3)CC1. The number of carbonyl (C=O) groups is 2. The van der Waals surface area contributed by atoms with E-state index in [2.05, 4.69) is 10.5 Å². The van der Waals surface area contributed by atoms with E-state index >= 15 is 0 Å². The number of benzene rings is 2. The van der Waals surface area contributed by atoms with E-state index in [4.69, 9.17) is 39.3 Å². The molecule has 2 aliphatic rings. The summed E-state index contributed by atoms with van der Waals surface area (Å²) in [6.07, 6.45) is 5.81. The normalized spacial score (nSPS) is 16.9. The van der Waals surface area contributed by atoms with Crippen LogP contribution in [0.2, 0.25) is 15.1 Å². The highest BCUT2D eigenvalue weighted by Crippen LogP contribution is 2.50. The van der Waals surface area contributed by atoms with Crippen molar-refractivity contribution in [2.45, 2.75) is 31.2 Å². The van der Waals surface area contributed by atoms with Gasteiger partial charge in [-0.3, -0.25) is 9.36 Å². The van der Waals surface area contributed by atoms with Crippen LogP contribution in [0.4, 0.5) is 0 Å². The summed E-state index contributed by atoms with van der Waals surface area (Å²) < 4.78 is 7.41. The summed E-state index contributed by atoms with van der Waals surface area (Å²) in [4.78, 5) is 25.7. The van der Waals surface area contributed by atoms with E-state index in [1.54, 1.807) is 16.7 Å². The minimum absolute atomic E-state index is 0.245. The first-order valence-electron chi connectivity index (χ1n) is 11.7. The zero-order valence-electron chi connectivity index (χ0n) is 19.6. The predicted molar refractivity (Wildman–Crippen MR) is 143 cm³/mol. The van der Waals surface area contributed by atoms with Gasteiger partial charge in [0.25, 0.3) is 5.91 Å². The van der Waals surface area contributed by atoms with Crippen molar-refractivity contribution < 1.29 is 19.2 Å². The maximum Gasteiger partial charge on any atom is 0.328 e. The van der Waals surface area contributed by atoms with Gasteiger partial charge in [0, 0.05) is 28.2 Å². The van der Waals surface area contributed by atoms with Crippen LogP contribution in [0, 0.1) is 0 Å². The van der Waals surface area contributed by atoms with Gasteiger partial charge in [-0.2, -0.15) is 0 Å². The lowest BCUT2D eigenvalue weighted by molar-refractivity contribution is -0.131. The van der Waals surface area contributed by atoms with Gasteiger partial charge in [-0.25, -0.2) is 4.79 Å². The number of allylic oxidation sites excluding steroid dienone is 1. The van der Waals surface area contributed by atoms with Crippen LogP contribution >= 0.6 is 34.8 Å². The van der Waals surface area contributed by atoms with Gasteiger partial charge in [0.2, 0.25) is 0 Å². The van der Waals surface area contributed by atoms with E-state index in [0.717, 1.165) is 34.9 Å². The Hall–Kier alpha value is -3.10. The van der Waals surface area contributed by atoms with Crippen molar-refractivity contribution in [2.75, 3.05) is 7.05 Å². The quantitative estimate of drug-likeness (QED) is 0.270. The maximum absolute atomic E-state index is 14.4. The molecule has 0 unspecified atom stereocenters. The Kier molecular flexibility index (Phi) is 5.73. The third-order valence-corrected chi connectivity index (χ3v) is 8.06. The maximum atomic E-state index is 14.4. The third kappa shape index (κ3) is 3.80. The number of aliphatic carboxylic acids is 1. The van der Waals surface area contributed by atoms with Crippen LogP contribution in [0.5, 0.6) is 0 Å². The number of aromatic nitrogens is 2. The Labute approximate surface area is 226 Å². The summed E-state index contributed by atoms with van der Waals surface area (Å²) in [5.74, 6) is -0.907. The summed E-state index contributed by atoms with van der Waals surface area (Å²) >= 11 is 19.2. The van der Waals surface area contributed by atoms with Gasteiger partial charge < -0.3 is 14.9 Å². The molecule has 1 saturated carbocycles. The van der Waals surface area contributed by atoms with Gasteiger partial charge in [0.05, 0.1) is 21.1 Å². The molecule has 188 valence electrons. The minimum Gasteiger partial charge on any atom is -0.478 e. The van der Waals surface area contributed by atoms with Crippen molar-refractivity contribution in [3.05, 3.63) is 80.1 Å². The summed E-state index contributed by atoms with van der Waals surface area (Å²) in [7, 11) is 1.82. The average Bonchev–Trinajstić information content (AvgIpc) is 3.38. The lowest BCUT2D eigenvalue weighted by atomic mass is 9.88. The smallest absolute Gasteiger partial charge is 0.328 e. The predicted octanol–water partition coefficient (Wildman–Crippen LogP) is 6.57. The first kappa shape index (κ1) is 24.2. The van der Waals surface area contributed by atoms with Gasteiger partial charge in [0.15, 0.2) is 5.76 Å². The molecule has 0 bridgehead atoms. The summed E-state index contributed by atoms with van der Waals surface area (Å²) in [5, 5.41) is 18.6. The molecule has 4 aromatic rings. The fourth-order valence-electron chi connectivity index (χ4n) is 5.29. The van der Waals surface area contributed by atoms with E-state index in [9.17, 15) is 14.7 Å². The number of hydrogen-bond acceptors (Lipinski definition) is 5. The molecule has 37 heavy (non-hydrogen) atoms. The molecule has 6 rings (SSSR count). The molecule has 0 spiro atoms. The Morgan fingerprint density at radius 3 is 2.54 bits per heavy atom. The van der Waals surface area contributed by atoms with Crippen molar-refractivity contribution in [2.24, 2.45) is 0 Å². The summed E-state index contributed by atoms with van der Waals surface area (Å²) in [6, 6.07) is 8.66. The second kappa shape index (κ2) is 8.74. The molecule has 0 radical (unpaired) electrons. The molecule has 0 saturated heterocycles. The van der Waals surface area contributed by atoms with Gasteiger partial charge >= 0.3 is 5.97 Å². The van der Waals surface area contributed by atoms with Crippen LogP contribution in [-0.2, 0) is 16.8 Å². The van der Waals surface area contributed by atoms with E-state index in [1.807, 2.05) is 31.4 Å². The molecular weight excluding hydrogens is 537 g/mol. The van der Waals surface area contributed by atoms with E-state index in [-0.39, 0.29) is 27.2 Å². The number of nitrogens with zero attached hydrogens (tertiary/aromatic N) is 2. The number of halogens is 3. The first-order chi connectivity index (χ1) is 17.7. The highest BCUT2D eigenvalue weighted by molar-refractivity contribution is 6.42. The number of carboxylic acid groups (broad SMARTS) is 1. The van der Waals surface area contributed by atoms with E-state index < -0.39 is 11.5 Å². The summed E-state index contributed by atoms with van der Waals surface area (Å²) in [6.45, 7) is 0. The number of carboxylic acids is 1. The van der Waals surface area contributed by atoms with E-state index in [0.29, 0.717) is 34.7 Å². The Morgan fingerprint density at radius 1 is 1.16 bits per heavy atom. The standard InChI is InChI=1S/C27H20Cl3N3O4/c1-31-27(7-8-27)25-23(24(32-37-25)22-17(29)10-15(28)11-18(22)30)26(36)33-12-14-6-5-13(9-20(34)35)16-3-2-4-19(33)21(14)16/h2-4,9-12,31H,5-8H2,1H3,(H,34,35)/b13-9+. The molecule has 10 heteroatoms. The van der Waals surface area contributed by atoms with Crippen LogP contribution in [-0.4, -0.2) is 33.8 Å². The minimum atomic E-state index is -0.997. The van der Waals surface area contributed by atoms with Gasteiger partial charge in [0.1, 0.15) is 11.3 Å². The molecule has 2 aromatic heterocycles. The van der Waals surface area contributed by atoms with Crippen molar-refractivity contribution in [3.8, 4) is 11.3 Å². The lowest BCUT2D eigenvalue weighted by Gasteiger charge is -2.15. The molecule has 2 heterocycles. The molecule has 1 fully saturated rings. The van der Waals surface area contributed by atoms with Crippen molar-refractivity contribution >= 4 is 63.2 Å². The van der Waals surface area contributed by atoms with Gasteiger partial charge in [-0.05, 0) is 67.6 Å². The van der Waals surface area contributed by atoms with Crippen molar-refractivity contribution in [1.82, 2.24) is 15.0 Å². The van der Waals surface area contributed by atoms with E-state index in [1.165, 1.54) is 6.08 Å². The molecule has 2 aromatic carbocycles. The Bertz CT molecular complexity index is 1640. The topological polar surface area (TPSA) is 97.4 Å². The molecule has 2 N–H and O–H groups in total. The number of rotatable bonds is 5. The van der Waals surface area contributed by atoms with Crippen LogP contribution in [0.25, 0.3) is 27.7 Å². The first-order valence-corrected chi connectivity index (χ1v) is 12.8. The molecule has 0 atom stereocenters. The van der Waals surface area contributed by atoms with Crippen LogP contribution in [0.3, 0.4) is 0 Å². The number of carbonyl (C=O) groups excluding carboxylic acids is 1.